The molecular weight excluding hydrogens is 303 g/mol. The maximum absolute atomic E-state index is 6.18. The van der Waals surface area contributed by atoms with E-state index in [9.17, 15) is 0 Å². The van der Waals surface area contributed by atoms with E-state index in [2.05, 4.69) is 5.43 Å². The number of rotatable bonds is 5. The van der Waals surface area contributed by atoms with Crippen molar-refractivity contribution < 1.29 is 4.74 Å². The van der Waals surface area contributed by atoms with Gasteiger partial charge in [-0.05, 0) is 35.6 Å². The number of nitrogens with two attached hydrogens (primary N) is 1. The first kappa shape index (κ1) is 14.6. The Balaban J connectivity index is 2.29. The highest BCUT2D eigenvalue weighted by Crippen LogP contribution is 2.35. The van der Waals surface area contributed by atoms with E-state index in [0.29, 0.717) is 16.5 Å². The van der Waals surface area contributed by atoms with Gasteiger partial charge in [0, 0.05) is 10.0 Å². The number of methoxy groups -OCH3 is 1. The van der Waals surface area contributed by atoms with Gasteiger partial charge in [0.1, 0.15) is 5.75 Å². The van der Waals surface area contributed by atoms with E-state index in [0.717, 1.165) is 16.2 Å². The number of hydrogen-bond donors (Lipinski definition) is 2. The van der Waals surface area contributed by atoms with E-state index in [1.807, 2.05) is 29.6 Å². The fraction of sp³-hybridized carbons (Fsp3) is 0.231. The van der Waals surface area contributed by atoms with Crippen molar-refractivity contribution in [2.75, 3.05) is 7.11 Å². The van der Waals surface area contributed by atoms with Gasteiger partial charge in [0.15, 0.2) is 0 Å². The van der Waals surface area contributed by atoms with E-state index < -0.39 is 0 Å². The molecule has 1 heterocycles. The van der Waals surface area contributed by atoms with Crippen LogP contribution < -0.4 is 16.0 Å². The van der Waals surface area contributed by atoms with Crippen molar-refractivity contribution in [2.45, 2.75) is 12.5 Å². The topological polar surface area (TPSA) is 47.3 Å². The Hall–Kier alpha value is -0.780. The predicted octanol–water partition coefficient (Wildman–Crippen LogP) is 3.81. The van der Waals surface area contributed by atoms with Crippen LogP contribution in [0, 0.1) is 0 Å². The standard InChI is InChI=1S/C13H14Cl2N2OS/c1-18-12-5-6-19-13(12)11(17-16)7-8-9(14)3-2-4-10(8)15/h2-6,11,17H,7,16H2,1H3. The third-order valence-corrected chi connectivity index (χ3v) is 4.58. The van der Waals surface area contributed by atoms with Crippen LogP contribution in [0.15, 0.2) is 29.6 Å². The number of ether oxygens (including phenoxy) is 1. The molecule has 0 amide bonds. The van der Waals surface area contributed by atoms with Crippen molar-refractivity contribution >= 4 is 34.5 Å². The minimum atomic E-state index is -0.0904. The van der Waals surface area contributed by atoms with Gasteiger partial charge in [-0.25, -0.2) is 0 Å². The summed E-state index contributed by atoms with van der Waals surface area (Å²) < 4.78 is 5.32. The molecule has 1 aromatic heterocycles. The quantitative estimate of drug-likeness (QED) is 0.651. The molecule has 0 spiro atoms. The van der Waals surface area contributed by atoms with Crippen LogP contribution >= 0.6 is 34.5 Å². The van der Waals surface area contributed by atoms with Gasteiger partial charge in [-0.15, -0.1) is 11.3 Å². The molecular formula is C13H14Cl2N2OS. The number of nitrogens with one attached hydrogen (secondary N) is 1. The molecule has 0 aliphatic heterocycles. The Kier molecular flexibility index (Phi) is 5.07. The number of halogens is 2. The summed E-state index contributed by atoms with van der Waals surface area (Å²) in [6.45, 7) is 0. The SMILES string of the molecule is COc1ccsc1C(Cc1c(Cl)cccc1Cl)NN. The fourth-order valence-corrected chi connectivity index (χ4v) is 3.36. The minimum Gasteiger partial charge on any atom is -0.496 e. The summed E-state index contributed by atoms with van der Waals surface area (Å²) in [7, 11) is 1.64. The second-order valence-corrected chi connectivity index (χ2v) is 5.74. The summed E-state index contributed by atoms with van der Waals surface area (Å²) in [5.41, 5.74) is 3.67. The first-order valence-corrected chi connectivity index (χ1v) is 7.31. The molecule has 1 atom stereocenters. The molecule has 0 aliphatic carbocycles. The molecule has 6 heteroatoms. The predicted molar refractivity (Wildman–Crippen MR) is 81.1 cm³/mol. The van der Waals surface area contributed by atoms with Crippen LogP contribution in [0.2, 0.25) is 10.0 Å². The van der Waals surface area contributed by atoms with Crippen LogP contribution in [0.25, 0.3) is 0 Å². The van der Waals surface area contributed by atoms with Gasteiger partial charge in [-0.3, -0.25) is 11.3 Å². The monoisotopic (exact) mass is 316 g/mol. The van der Waals surface area contributed by atoms with Gasteiger partial charge in [-0.2, -0.15) is 0 Å². The highest BCUT2D eigenvalue weighted by molar-refractivity contribution is 7.10. The van der Waals surface area contributed by atoms with Crippen molar-refractivity contribution in [3.8, 4) is 5.75 Å². The Morgan fingerprint density at radius 1 is 1.32 bits per heavy atom. The van der Waals surface area contributed by atoms with Crippen LogP contribution in [-0.2, 0) is 6.42 Å². The lowest BCUT2D eigenvalue weighted by Gasteiger charge is -2.17. The largest absolute Gasteiger partial charge is 0.496 e. The van der Waals surface area contributed by atoms with Crippen LogP contribution in [-0.4, -0.2) is 7.11 Å². The Labute approximate surface area is 126 Å². The normalized spacial score (nSPS) is 12.4. The molecule has 3 N–H and O–H groups in total. The summed E-state index contributed by atoms with van der Waals surface area (Å²) in [6.07, 6.45) is 0.603. The summed E-state index contributed by atoms with van der Waals surface area (Å²) >= 11 is 14.0. The number of hydrazine groups is 1. The highest BCUT2D eigenvalue weighted by atomic mass is 35.5. The lowest BCUT2D eigenvalue weighted by atomic mass is 10.0. The van der Waals surface area contributed by atoms with Gasteiger partial charge in [0.2, 0.25) is 0 Å². The summed E-state index contributed by atoms with van der Waals surface area (Å²) in [5, 5.41) is 3.25. The molecule has 0 radical (unpaired) electrons. The number of thiophene rings is 1. The fourth-order valence-electron chi connectivity index (χ4n) is 1.89. The van der Waals surface area contributed by atoms with E-state index in [4.69, 9.17) is 33.8 Å². The highest BCUT2D eigenvalue weighted by Gasteiger charge is 2.19. The summed E-state index contributed by atoms with van der Waals surface area (Å²) in [4.78, 5) is 1.03. The van der Waals surface area contributed by atoms with Crippen LogP contribution in [0.1, 0.15) is 16.5 Å². The van der Waals surface area contributed by atoms with Crippen molar-refractivity contribution in [1.82, 2.24) is 5.43 Å². The lowest BCUT2D eigenvalue weighted by Crippen LogP contribution is -2.29. The zero-order chi connectivity index (χ0) is 13.8. The number of benzene rings is 1. The lowest BCUT2D eigenvalue weighted by molar-refractivity contribution is 0.403. The molecule has 1 unspecified atom stereocenters. The second kappa shape index (κ2) is 6.59. The Morgan fingerprint density at radius 2 is 2.00 bits per heavy atom. The summed E-state index contributed by atoms with van der Waals surface area (Å²) in [5.74, 6) is 6.47. The van der Waals surface area contributed by atoms with Crippen molar-refractivity contribution in [3.63, 3.8) is 0 Å². The van der Waals surface area contributed by atoms with Gasteiger partial charge in [0.05, 0.1) is 18.0 Å². The van der Waals surface area contributed by atoms with Crippen LogP contribution in [0.4, 0.5) is 0 Å². The van der Waals surface area contributed by atoms with Crippen molar-refractivity contribution in [1.29, 1.82) is 0 Å². The molecule has 2 aromatic rings. The number of hydrogen-bond acceptors (Lipinski definition) is 4. The minimum absolute atomic E-state index is 0.0904. The zero-order valence-corrected chi connectivity index (χ0v) is 12.6. The Morgan fingerprint density at radius 3 is 2.58 bits per heavy atom. The van der Waals surface area contributed by atoms with Crippen molar-refractivity contribution in [2.24, 2.45) is 5.84 Å². The zero-order valence-electron chi connectivity index (χ0n) is 10.3. The average molecular weight is 317 g/mol. The second-order valence-electron chi connectivity index (χ2n) is 3.98. The first-order valence-electron chi connectivity index (χ1n) is 5.67. The molecule has 0 saturated heterocycles. The molecule has 19 heavy (non-hydrogen) atoms. The van der Waals surface area contributed by atoms with E-state index >= 15 is 0 Å². The molecule has 0 fully saturated rings. The molecule has 102 valence electrons. The van der Waals surface area contributed by atoms with Gasteiger partial charge < -0.3 is 4.74 Å². The van der Waals surface area contributed by atoms with E-state index in [-0.39, 0.29) is 6.04 Å². The molecule has 2 rings (SSSR count). The first-order chi connectivity index (χ1) is 9.17. The van der Waals surface area contributed by atoms with Gasteiger partial charge in [-0.1, -0.05) is 29.3 Å². The molecule has 0 saturated carbocycles. The van der Waals surface area contributed by atoms with Crippen LogP contribution in [0.5, 0.6) is 5.75 Å². The van der Waals surface area contributed by atoms with E-state index in [1.165, 1.54) is 0 Å². The van der Waals surface area contributed by atoms with Gasteiger partial charge in [0.25, 0.3) is 0 Å². The maximum Gasteiger partial charge on any atom is 0.134 e. The molecule has 3 nitrogen and oxygen atoms in total. The molecule has 1 aromatic carbocycles. The third kappa shape index (κ3) is 3.22. The Bertz CT molecular complexity index is 539. The third-order valence-electron chi connectivity index (χ3n) is 2.86. The van der Waals surface area contributed by atoms with E-state index in [1.54, 1.807) is 18.4 Å². The smallest absolute Gasteiger partial charge is 0.134 e. The average Bonchev–Trinajstić information content (AvgIpc) is 2.87. The molecule has 0 bridgehead atoms. The molecule has 0 aliphatic rings. The van der Waals surface area contributed by atoms with Crippen molar-refractivity contribution in [3.05, 3.63) is 50.1 Å². The van der Waals surface area contributed by atoms with Crippen LogP contribution in [0.3, 0.4) is 0 Å². The summed E-state index contributed by atoms with van der Waals surface area (Å²) in [6, 6.07) is 7.29. The maximum atomic E-state index is 6.18. The van der Waals surface area contributed by atoms with Gasteiger partial charge >= 0.3 is 0 Å².